The molecule has 1 N–H and O–H groups in total. The summed E-state index contributed by atoms with van der Waals surface area (Å²) in [6, 6.07) is 5.52. The molecule has 3 atom stereocenters. The summed E-state index contributed by atoms with van der Waals surface area (Å²) in [4.78, 5) is 17.1. The van der Waals surface area contributed by atoms with Crippen molar-refractivity contribution in [3.63, 3.8) is 0 Å². The minimum Gasteiger partial charge on any atom is -0.353 e. The van der Waals surface area contributed by atoms with Gasteiger partial charge in [0.15, 0.2) is 5.82 Å². The zero-order chi connectivity index (χ0) is 17.2. The highest BCUT2D eigenvalue weighted by Gasteiger charge is 2.35. The number of fused-ring (bicyclic) bond motifs is 2. The first-order chi connectivity index (χ1) is 12.2. The van der Waals surface area contributed by atoms with E-state index in [9.17, 15) is 4.79 Å². The Morgan fingerprint density at radius 2 is 2.12 bits per heavy atom. The molecule has 0 aliphatic carbocycles. The SMILES string of the molecule is CN(C(=O)CC1CC2CCC(C1)N2)C1CCCN(c2cccnn2)C1. The number of hydrogen-bond donors (Lipinski definition) is 1. The number of anilines is 1. The predicted octanol–water partition coefficient (Wildman–Crippen LogP) is 1.82. The molecule has 3 fully saturated rings. The molecule has 0 radical (unpaired) electrons. The van der Waals surface area contributed by atoms with E-state index in [0.717, 1.165) is 31.7 Å². The van der Waals surface area contributed by atoms with Crippen molar-refractivity contribution in [3.8, 4) is 0 Å². The molecule has 136 valence electrons. The Labute approximate surface area is 150 Å². The summed E-state index contributed by atoms with van der Waals surface area (Å²) in [5, 5.41) is 11.9. The number of aromatic nitrogens is 2. The standard InChI is InChI=1S/C19H29N5O/c1-23(19(25)12-14-10-15-6-7-16(11-14)21-15)17-4-3-9-24(13-17)18-5-2-8-20-22-18/h2,5,8,14-17,21H,3-4,6-7,9-13H2,1H3. The molecule has 3 unspecified atom stereocenters. The third kappa shape index (κ3) is 3.78. The van der Waals surface area contributed by atoms with Gasteiger partial charge in [-0.05, 0) is 56.6 Å². The molecule has 2 bridgehead atoms. The Morgan fingerprint density at radius 3 is 2.84 bits per heavy atom. The van der Waals surface area contributed by atoms with E-state index in [-0.39, 0.29) is 6.04 Å². The van der Waals surface area contributed by atoms with E-state index >= 15 is 0 Å². The van der Waals surface area contributed by atoms with E-state index in [2.05, 4.69) is 20.4 Å². The molecule has 3 saturated heterocycles. The molecule has 3 aliphatic rings. The van der Waals surface area contributed by atoms with Crippen LogP contribution < -0.4 is 10.2 Å². The van der Waals surface area contributed by atoms with Crippen LogP contribution in [0.4, 0.5) is 5.82 Å². The second-order valence-corrected chi connectivity index (χ2v) is 8.01. The number of nitrogens with one attached hydrogen (secondary N) is 1. The Hall–Kier alpha value is -1.69. The second kappa shape index (κ2) is 7.28. The second-order valence-electron chi connectivity index (χ2n) is 8.01. The Kier molecular flexibility index (Phi) is 4.88. The minimum atomic E-state index is 0.279. The molecule has 0 aromatic carbocycles. The highest BCUT2D eigenvalue weighted by molar-refractivity contribution is 5.76. The number of carbonyl (C=O) groups is 1. The van der Waals surface area contributed by atoms with E-state index < -0.39 is 0 Å². The number of nitrogens with zero attached hydrogens (tertiary/aromatic N) is 4. The topological polar surface area (TPSA) is 61.4 Å². The van der Waals surface area contributed by atoms with Crippen LogP contribution >= 0.6 is 0 Å². The molecule has 0 spiro atoms. The van der Waals surface area contributed by atoms with Gasteiger partial charge in [0.2, 0.25) is 5.91 Å². The van der Waals surface area contributed by atoms with Crippen molar-refractivity contribution in [1.82, 2.24) is 20.4 Å². The summed E-state index contributed by atoms with van der Waals surface area (Å²) in [6.07, 6.45) is 9.52. The van der Waals surface area contributed by atoms with E-state index in [1.54, 1.807) is 6.20 Å². The number of hydrogen-bond acceptors (Lipinski definition) is 5. The summed E-state index contributed by atoms with van der Waals surface area (Å²) in [5.74, 6) is 1.80. The number of amides is 1. The normalized spacial score (nSPS) is 31.8. The van der Waals surface area contributed by atoms with Gasteiger partial charge in [0, 0.05) is 50.9 Å². The quantitative estimate of drug-likeness (QED) is 0.904. The Bertz CT molecular complexity index is 583. The summed E-state index contributed by atoms with van der Waals surface area (Å²) >= 11 is 0. The molecule has 3 aliphatic heterocycles. The number of likely N-dealkylation sites (N-methyl/N-ethyl adjacent to an activating group) is 1. The molecular weight excluding hydrogens is 314 g/mol. The van der Waals surface area contributed by atoms with Gasteiger partial charge in [-0.1, -0.05) is 0 Å². The van der Waals surface area contributed by atoms with Crippen molar-refractivity contribution in [3.05, 3.63) is 18.3 Å². The van der Waals surface area contributed by atoms with E-state index in [1.807, 2.05) is 24.1 Å². The van der Waals surface area contributed by atoms with Gasteiger partial charge in [-0.25, -0.2) is 0 Å². The van der Waals surface area contributed by atoms with Crippen molar-refractivity contribution in [2.24, 2.45) is 5.92 Å². The van der Waals surface area contributed by atoms with Crippen molar-refractivity contribution in [2.45, 2.75) is 63.1 Å². The van der Waals surface area contributed by atoms with Crippen LogP contribution in [0.3, 0.4) is 0 Å². The van der Waals surface area contributed by atoms with Crippen molar-refractivity contribution < 1.29 is 4.79 Å². The van der Waals surface area contributed by atoms with Crippen molar-refractivity contribution in [1.29, 1.82) is 0 Å². The smallest absolute Gasteiger partial charge is 0.222 e. The Morgan fingerprint density at radius 1 is 1.32 bits per heavy atom. The Balaban J connectivity index is 1.33. The lowest BCUT2D eigenvalue weighted by molar-refractivity contribution is -0.133. The molecule has 6 nitrogen and oxygen atoms in total. The van der Waals surface area contributed by atoms with Crippen LogP contribution in [-0.2, 0) is 4.79 Å². The van der Waals surface area contributed by atoms with Crippen LogP contribution in [0.2, 0.25) is 0 Å². The zero-order valence-electron chi connectivity index (χ0n) is 15.1. The van der Waals surface area contributed by atoms with Crippen LogP contribution in [0.5, 0.6) is 0 Å². The first-order valence-electron chi connectivity index (χ1n) is 9.73. The molecular formula is C19H29N5O. The summed E-state index contributed by atoms with van der Waals surface area (Å²) in [5.41, 5.74) is 0. The third-order valence-corrected chi connectivity index (χ3v) is 6.25. The first kappa shape index (κ1) is 16.8. The van der Waals surface area contributed by atoms with Gasteiger partial charge in [0.1, 0.15) is 0 Å². The van der Waals surface area contributed by atoms with Gasteiger partial charge < -0.3 is 15.1 Å². The molecule has 25 heavy (non-hydrogen) atoms. The molecule has 4 heterocycles. The average molecular weight is 343 g/mol. The van der Waals surface area contributed by atoms with Crippen LogP contribution in [0, 0.1) is 5.92 Å². The molecule has 1 aromatic rings. The lowest BCUT2D eigenvalue weighted by atomic mass is 9.89. The minimum absolute atomic E-state index is 0.279. The van der Waals surface area contributed by atoms with Gasteiger partial charge in [0.05, 0.1) is 0 Å². The summed E-state index contributed by atoms with van der Waals surface area (Å²) in [6.45, 7) is 1.85. The van der Waals surface area contributed by atoms with Crippen LogP contribution in [0.15, 0.2) is 18.3 Å². The van der Waals surface area contributed by atoms with Crippen molar-refractivity contribution >= 4 is 11.7 Å². The first-order valence-corrected chi connectivity index (χ1v) is 9.73. The predicted molar refractivity (Wildman–Crippen MR) is 97.3 cm³/mol. The molecule has 0 saturated carbocycles. The van der Waals surface area contributed by atoms with Crippen molar-refractivity contribution in [2.75, 3.05) is 25.0 Å². The van der Waals surface area contributed by atoms with Crippen LogP contribution in [0.25, 0.3) is 0 Å². The van der Waals surface area contributed by atoms with E-state index in [4.69, 9.17) is 0 Å². The van der Waals surface area contributed by atoms with Gasteiger partial charge >= 0.3 is 0 Å². The summed E-state index contributed by atoms with van der Waals surface area (Å²) in [7, 11) is 1.99. The maximum Gasteiger partial charge on any atom is 0.222 e. The zero-order valence-corrected chi connectivity index (χ0v) is 15.1. The fraction of sp³-hybridized carbons (Fsp3) is 0.737. The monoisotopic (exact) mass is 343 g/mol. The number of rotatable bonds is 4. The molecule has 6 heteroatoms. The average Bonchev–Trinajstić information content (AvgIpc) is 3.00. The number of piperidine rings is 2. The van der Waals surface area contributed by atoms with E-state index in [0.29, 0.717) is 30.3 Å². The molecule has 1 amide bonds. The largest absolute Gasteiger partial charge is 0.353 e. The molecule has 1 aromatic heterocycles. The van der Waals surface area contributed by atoms with Gasteiger partial charge in [-0.15, -0.1) is 5.10 Å². The highest BCUT2D eigenvalue weighted by atomic mass is 16.2. The van der Waals surface area contributed by atoms with E-state index in [1.165, 1.54) is 25.7 Å². The van der Waals surface area contributed by atoms with Crippen LogP contribution in [0.1, 0.15) is 44.9 Å². The van der Waals surface area contributed by atoms with Gasteiger partial charge in [-0.3, -0.25) is 4.79 Å². The maximum atomic E-state index is 12.8. The lowest BCUT2D eigenvalue weighted by Gasteiger charge is -2.39. The molecule has 4 rings (SSSR count). The maximum absolute atomic E-state index is 12.8. The lowest BCUT2D eigenvalue weighted by Crippen LogP contribution is -2.49. The van der Waals surface area contributed by atoms with Crippen LogP contribution in [-0.4, -0.2) is 59.3 Å². The fourth-order valence-electron chi connectivity index (χ4n) is 4.88. The highest BCUT2D eigenvalue weighted by Crippen LogP contribution is 2.33. The third-order valence-electron chi connectivity index (χ3n) is 6.25. The summed E-state index contributed by atoms with van der Waals surface area (Å²) < 4.78 is 0. The van der Waals surface area contributed by atoms with Gasteiger partial charge in [-0.2, -0.15) is 5.10 Å². The fourth-order valence-corrected chi connectivity index (χ4v) is 4.88. The van der Waals surface area contributed by atoms with Gasteiger partial charge in [0.25, 0.3) is 0 Å². The number of carbonyl (C=O) groups excluding carboxylic acids is 1.